The Morgan fingerprint density at radius 2 is 1.58 bits per heavy atom. The Balaban J connectivity index is 0.000000791. The summed E-state index contributed by atoms with van der Waals surface area (Å²) in [5.74, 6) is 0.858. The fraction of sp³-hybridized carbons (Fsp3) is 0.545. The summed E-state index contributed by atoms with van der Waals surface area (Å²) >= 11 is 0. The molecular weight excluding hydrogens is 328 g/mol. The topological polar surface area (TPSA) is 36.9 Å². The van der Waals surface area contributed by atoms with Crippen molar-refractivity contribution < 1.29 is 18.9 Å². The quantitative estimate of drug-likeness (QED) is 0.714. The number of rotatable bonds is 5. The van der Waals surface area contributed by atoms with Crippen molar-refractivity contribution in [1.29, 1.82) is 0 Å². The fourth-order valence-corrected chi connectivity index (χ4v) is 3.14. The molecule has 2 aromatic carbocycles. The van der Waals surface area contributed by atoms with E-state index in [1.165, 1.54) is 5.39 Å². The van der Waals surface area contributed by atoms with Gasteiger partial charge in [0.15, 0.2) is 0 Å². The molecule has 4 heteroatoms. The summed E-state index contributed by atoms with van der Waals surface area (Å²) in [4.78, 5) is 0. The predicted octanol–water partition coefficient (Wildman–Crippen LogP) is 5.39. The first-order valence-corrected chi connectivity index (χ1v) is 9.50. The first-order chi connectivity index (χ1) is 12.8. The van der Waals surface area contributed by atoms with Crippen LogP contribution in [0.25, 0.3) is 10.8 Å². The minimum Gasteiger partial charge on any atom is -0.496 e. The zero-order valence-corrected chi connectivity index (χ0v) is 17.2. The number of hydrogen-bond donors (Lipinski definition) is 0. The van der Waals surface area contributed by atoms with Crippen LogP contribution in [-0.2, 0) is 14.2 Å². The lowest BCUT2D eigenvalue weighted by Gasteiger charge is -2.17. The van der Waals surface area contributed by atoms with Gasteiger partial charge in [0.2, 0.25) is 0 Å². The molecule has 1 aliphatic heterocycles. The van der Waals surface area contributed by atoms with Crippen molar-refractivity contribution in [2.45, 2.75) is 52.4 Å². The van der Waals surface area contributed by atoms with E-state index >= 15 is 0 Å². The van der Waals surface area contributed by atoms with Gasteiger partial charge in [-0.05, 0) is 22.9 Å². The Morgan fingerprint density at radius 1 is 0.962 bits per heavy atom. The SMILES string of the molecule is CC.CC.COC[C@H]1O[C@@H](c2cc3ccccc3cc2OC)CC1OC. The average Bonchev–Trinajstić information content (AvgIpc) is 3.13. The third-order valence-electron chi connectivity index (χ3n) is 4.28. The maximum absolute atomic E-state index is 6.15. The molecule has 3 atom stereocenters. The molecular formula is C22H34O4. The summed E-state index contributed by atoms with van der Waals surface area (Å²) in [7, 11) is 5.10. The number of ether oxygens (including phenoxy) is 4. The third-order valence-corrected chi connectivity index (χ3v) is 4.28. The van der Waals surface area contributed by atoms with E-state index in [0.717, 1.165) is 23.1 Å². The van der Waals surface area contributed by atoms with Crippen LogP contribution in [0.5, 0.6) is 5.75 Å². The zero-order valence-electron chi connectivity index (χ0n) is 17.2. The van der Waals surface area contributed by atoms with Crippen molar-refractivity contribution in [2.24, 2.45) is 0 Å². The van der Waals surface area contributed by atoms with E-state index in [4.69, 9.17) is 18.9 Å². The molecule has 4 nitrogen and oxygen atoms in total. The lowest BCUT2D eigenvalue weighted by molar-refractivity contribution is -0.0448. The minimum atomic E-state index is -0.0452. The van der Waals surface area contributed by atoms with Gasteiger partial charge in [-0.3, -0.25) is 0 Å². The summed E-state index contributed by atoms with van der Waals surface area (Å²) in [6.07, 6.45) is 0.765. The summed E-state index contributed by atoms with van der Waals surface area (Å²) in [6, 6.07) is 12.5. The predicted molar refractivity (Wildman–Crippen MR) is 108 cm³/mol. The second-order valence-corrected chi connectivity index (χ2v) is 5.57. The van der Waals surface area contributed by atoms with Crippen LogP contribution in [0.15, 0.2) is 36.4 Å². The largest absolute Gasteiger partial charge is 0.496 e. The van der Waals surface area contributed by atoms with Gasteiger partial charge in [-0.25, -0.2) is 0 Å². The molecule has 1 fully saturated rings. The van der Waals surface area contributed by atoms with Gasteiger partial charge in [0.1, 0.15) is 11.9 Å². The van der Waals surface area contributed by atoms with Crippen molar-refractivity contribution in [3.05, 3.63) is 42.0 Å². The van der Waals surface area contributed by atoms with Crippen molar-refractivity contribution in [2.75, 3.05) is 27.9 Å². The van der Waals surface area contributed by atoms with Crippen LogP contribution in [0.4, 0.5) is 0 Å². The van der Waals surface area contributed by atoms with Crippen LogP contribution in [0.2, 0.25) is 0 Å². The molecule has 1 saturated heterocycles. The summed E-state index contributed by atoms with van der Waals surface area (Å²) in [6.45, 7) is 8.53. The van der Waals surface area contributed by atoms with E-state index in [2.05, 4.69) is 24.3 Å². The van der Waals surface area contributed by atoms with Gasteiger partial charge >= 0.3 is 0 Å². The normalized spacial score (nSPS) is 21.4. The minimum absolute atomic E-state index is 0.0374. The molecule has 0 N–H and O–H groups in total. The lowest BCUT2D eigenvalue weighted by atomic mass is 9.99. The Bertz CT molecular complexity index is 641. The number of benzene rings is 2. The van der Waals surface area contributed by atoms with Gasteiger partial charge in [-0.2, -0.15) is 0 Å². The second kappa shape index (κ2) is 11.9. The summed E-state index contributed by atoms with van der Waals surface area (Å²) < 4.78 is 22.5. The average molecular weight is 363 g/mol. The van der Waals surface area contributed by atoms with Crippen molar-refractivity contribution in [3.8, 4) is 5.75 Å². The molecule has 0 saturated carbocycles. The highest BCUT2D eigenvalue weighted by atomic mass is 16.6. The van der Waals surface area contributed by atoms with E-state index < -0.39 is 0 Å². The van der Waals surface area contributed by atoms with Gasteiger partial charge in [0, 0.05) is 26.2 Å². The maximum atomic E-state index is 6.15. The third kappa shape index (κ3) is 5.19. The summed E-state index contributed by atoms with van der Waals surface area (Å²) in [5, 5.41) is 2.35. The summed E-state index contributed by atoms with van der Waals surface area (Å²) in [5.41, 5.74) is 1.07. The smallest absolute Gasteiger partial charge is 0.125 e. The Hall–Kier alpha value is -1.62. The van der Waals surface area contributed by atoms with Gasteiger partial charge in [-0.15, -0.1) is 0 Å². The molecule has 0 radical (unpaired) electrons. The standard InChI is InChI=1S/C18H22O4.2C2H6/c1-19-11-18-17(21-3)10-16(22-18)14-8-12-6-4-5-7-13(12)9-15(14)20-2;2*1-2/h4-9,16-18H,10-11H2,1-3H3;2*1-2H3/t16-,17?,18-;;/m1../s1. The monoisotopic (exact) mass is 362 g/mol. The van der Waals surface area contributed by atoms with Gasteiger partial charge in [0.05, 0.1) is 25.9 Å². The molecule has 0 amide bonds. The highest BCUT2D eigenvalue weighted by Gasteiger charge is 2.37. The van der Waals surface area contributed by atoms with E-state index in [9.17, 15) is 0 Å². The molecule has 0 aromatic heterocycles. The maximum Gasteiger partial charge on any atom is 0.125 e. The van der Waals surface area contributed by atoms with Crippen LogP contribution >= 0.6 is 0 Å². The molecule has 1 unspecified atom stereocenters. The zero-order chi connectivity index (χ0) is 19.5. The molecule has 0 aliphatic carbocycles. The molecule has 26 heavy (non-hydrogen) atoms. The van der Waals surface area contributed by atoms with Crippen LogP contribution in [-0.4, -0.2) is 40.1 Å². The van der Waals surface area contributed by atoms with Crippen molar-refractivity contribution >= 4 is 10.8 Å². The van der Waals surface area contributed by atoms with Gasteiger partial charge in [-0.1, -0.05) is 52.0 Å². The highest BCUT2D eigenvalue weighted by Crippen LogP contribution is 2.40. The van der Waals surface area contributed by atoms with E-state index in [-0.39, 0.29) is 18.3 Å². The van der Waals surface area contributed by atoms with Crippen molar-refractivity contribution in [1.82, 2.24) is 0 Å². The fourth-order valence-electron chi connectivity index (χ4n) is 3.14. The Kier molecular flexibility index (Phi) is 10.3. The molecule has 3 rings (SSSR count). The molecule has 1 aliphatic rings. The van der Waals surface area contributed by atoms with E-state index in [0.29, 0.717) is 6.61 Å². The molecule has 2 aromatic rings. The second-order valence-electron chi connectivity index (χ2n) is 5.57. The lowest BCUT2D eigenvalue weighted by Crippen LogP contribution is -2.27. The van der Waals surface area contributed by atoms with Crippen LogP contribution in [0.1, 0.15) is 45.8 Å². The molecule has 1 heterocycles. The van der Waals surface area contributed by atoms with Crippen molar-refractivity contribution in [3.63, 3.8) is 0 Å². The highest BCUT2D eigenvalue weighted by molar-refractivity contribution is 5.85. The Morgan fingerprint density at radius 3 is 2.12 bits per heavy atom. The molecule has 0 bridgehead atoms. The first kappa shape index (κ1) is 22.4. The van der Waals surface area contributed by atoms with Gasteiger partial charge in [0.25, 0.3) is 0 Å². The molecule has 146 valence electrons. The number of methoxy groups -OCH3 is 3. The number of fused-ring (bicyclic) bond motifs is 1. The van der Waals surface area contributed by atoms with Crippen LogP contribution in [0, 0.1) is 0 Å². The van der Waals surface area contributed by atoms with E-state index in [1.807, 2.05) is 39.8 Å². The van der Waals surface area contributed by atoms with E-state index in [1.54, 1.807) is 21.3 Å². The van der Waals surface area contributed by atoms with Crippen LogP contribution < -0.4 is 4.74 Å². The van der Waals surface area contributed by atoms with Gasteiger partial charge < -0.3 is 18.9 Å². The Labute approximate surface area is 158 Å². The molecule has 0 spiro atoms. The first-order valence-electron chi connectivity index (χ1n) is 9.50. The van der Waals surface area contributed by atoms with Crippen LogP contribution in [0.3, 0.4) is 0 Å². The number of hydrogen-bond acceptors (Lipinski definition) is 4.